The highest BCUT2D eigenvalue weighted by Crippen LogP contribution is 2.25. The molecule has 0 aliphatic rings. The molecule has 19 heavy (non-hydrogen) atoms. The molecular formula is C15H19NO2S. The summed E-state index contributed by atoms with van der Waals surface area (Å²) in [6.45, 7) is 2.46. The van der Waals surface area contributed by atoms with Crippen LogP contribution in [-0.4, -0.2) is 26.8 Å². The summed E-state index contributed by atoms with van der Waals surface area (Å²) in [6.07, 6.45) is 1.08. The number of benzene rings is 1. The Morgan fingerprint density at radius 3 is 2.63 bits per heavy atom. The average Bonchev–Trinajstić information content (AvgIpc) is 2.96. The van der Waals surface area contributed by atoms with Crippen LogP contribution in [0.3, 0.4) is 0 Å². The molecule has 0 aliphatic carbocycles. The van der Waals surface area contributed by atoms with E-state index in [-0.39, 0.29) is 0 Å². The van der Waals surface area contributed by atoms with Crippen LogP contribution >= 0.6 is 11.3 Å². The second-order valence-corrected chi connectivity index (χ2v) is 5.11. The van der Waals surface area contributed by atoms with Gasteiger partial charge in [0.25, 0.3) is 0 Å². The highest BCUT2D eigenvalue weighted by atomic mass is 32.1. The third kappa shape index (κ3) is 4.58. The molecule has 2 rings (SSSR count). The first-order valence-electron chi connectivity index (χ1n) is 6.39. The predicted octanol–water partition coefficient (Wildman–Crippen LogP) is 2.97. The van der Waals surface area contributed by atoms with Gasteiger partial charge >= 0.3 is 0 Å². The maximum atomic E-state index is 5.68. The lowest BCUT2D eigenvalue weighted by Gasteiger charge is -2.10. The molecule has 0 aliphatic heterocycles. The van der Waals surface area contributed by atoms with Crippen LogP contribution < -0.4 is 14.8 Å². The monoisotopic (exact) mass is 277 g/mol. The van der Waals surface area contributed by atoms with Gasteiger partial charge in [0.1, 0.15) is 6.61 Å². The molecule has 1 aromatic carbocycles. The zero-order chi connectivity index (χ0) is 13.3. The van der Waals surface area contributed by atoms with E-state index in [1.807, 2.05) is 24.3 Å². The van der Waals surface area contributed by atoms with Crippen molar-refractivity contribution in [2.45, 2.75) is 6.42 Å². The molecule has 0 saturated heterocycles. The first kappa shape index (κ1) is 13.9. The molecule has 0 spiro atoms. The van der Waals surface area contributed by atoms with Crippen molar-refractivity contribution in [3.05, 3.63) is 46.7 Å². The number of rotatable bonds is 8. The molecule has 2 aromatic rings. The minimum Gasteiger partial charge on any atom is -0.493 e. The van der Waals surface area contributed by atoms with Crippen molar-refractivity contribution in [2.75, 3.05) is 26.8 Å². The zero-order valence-electron chi connectivity index (χ0n) is 11.1. The normalized spacial score (nSPS) is 10.4. The van der Waals surface area contributed by atoms with E-state index in [2.05, 4.69) is 22.8 Å². The van der Waals surface area contributed by atoms with Crippen molar-refractivity contribution in [3.8, 4) is 11.5 Å². The molecule has 0 saturated carbocycles. The van der Waals surface area contributed by atoms with E-state index in [1.54, 1.807) is 18.4 Å². The molecular weight excluding hydrogens is 258 g/mol. The molecule has 3 nitrogen and oxygen atoms in total. The summed E-state index contributed by atoms with van der Waals surface area (Å²) in [4.78, 5) is 1.41. The number of hydrogen-bond donors (Lipinski definition) is 1. The number of ether oxygens (including phenoxy) is 2. The van der Waals surface area contributed by atoms with Gasteiger partial charge in [0.05, 0.1) is 7.11 Å². The van der Waals surface area contributed by atoms with Gasteiger partial charge in [0, 0.05) is 18.0 Å². The highest BCUT2D eigenvalue weighted by molar-refractivity contribution is 7.09. The molecule has 0 fully saturated rings. The molecule has 4 heteroatoms. The minimum atomic E-state index is 0.644. The lowest BCUT2D eigenvalue weighted by molar-refractivity contribution is 0.292. The van der Waals surface area contributed by atoms with Crippen molar-refractivity contribution < 1.29 is 9.47 Å². The van der Waals surface area contributed by atoms with Gasteiger partial charge in [-0.2, -0.15) is 0 Å². The number of nitrogens with one attached hydrogen (secondary N) is 1. The van der Waals surface area contributed by atoms with E-state index in [0.29, 0.717) is 6.61 Å². The summed E-state index contributed by atoms with van der Waals surface area (Å²) in [5.74, 6) is 1.58. The number of para-hydroxylation sites is 2. The van der Waals surface area contributed by atoms with E-state index in [4.69, 9.17) is 9.47 Å². The Morgan fingerprint density at radius 2 is 1.89 bits per heavy atom. The average molecular weight is 277 g/mol. The quantitative estimate of drug-likeness (QED) is 0.753. The van der Waals surface area contributed by atoms with Gasteiger partial charge in [0.2, 0.25) is 0 Å². The molecule has 0 atom stereocenters. The maximum absolute atomic E-state index is 5.68. The molecule has 0 radical (unpaired) electrons. The van der Waals surface area contributed by atoms with Gasteiger partial charge in [-0.25, -0.2) is 0 Å². The fraction of sp³-hybridized carbons (Fsp3) is 0.333. The van der Waals surface area contributed by atoms with E-state index in [0.717, 1.165) is 31.0 Å². The largest absolute Gasteiger partial charge is 0.493 e. The van der Waals surface area contributed by atoms with Gasteiger partial charge < -0.3 is 14.8 Å². The second-order valence-electron chi connectivity index (χ2n) is 4.08. The molecule has 1 aromatic heterocycles. The standard InChI is InChI=1S/C15H19NO2S/c1-17-14-6-2-3-7-15(14)18-11-10-16-9-8-13-5-4-12-19-13/h2-7,12,16H,8-11H2,1H3. The van der Waals surface area contributed by atoms with Crippen LogP contribution in [0.2, 0.25) is 0 Å². The summed E-state index contributed by atoms with van der Waals surface area (Å²) < 4.78 is 10.9. The van der Waals surface area contributed by atoms with Crippen LogP contribution in [0.1, 0.15) is 4.88 Å². The van der Waals surface area contributed by atoms with Crippen LogP contribution in [0.4, 0.5) is 0 Å². The van der Waals surface area contributed by atoms with Crippen LogP contribution in [0, 0.1) is 0 Å². The van der Waals surface area contributed by atoms with E-state index >= 15 is 0 Å². The van der Waals surface area contributed by atoms with Crippen molar-refractivity contribution in [1.82, 2.24) is 5.32 Å². The zero-order valence-corrected chi connectivity index (χ0v) is 11.9. The summed E-state index contributed by atoms with van der Waals surface area (Å²) in [6, 6.07) is 12.0. The van der Waals surface area contributed by atoms with Crippen molar-refractivity contribution in [3.63, 3.8) is 0 Å². The number of methoxy groups -OCH3 is 1. The third-order valence-corrected chi connectivity index (χ3v) is 3.67. The Bertz CT molecular complexity index is 471. The van der Waals surface area contributed by atoms with Gasteiger partial charge in [-0.3, -0.25) is 0 Å². The van der Waals surface area contributed by atoms with Crippen molar-refractivity contribution in [2.24, 2.45) is 0 Å². The van der Waals surface area contributed by atoms with Gasteiger partial charge in [0.15, 0.2) is 11.5 Å². The lowest BCUT2D eigenvalue weighted by Crippen LogP contribution is -2.23. The Morgan fingerprint density at radius 1 is 1.05 bits per heavy atom. The van der Waals surface area contributed by atoms with Crippen LogP contribution in [0.15, 0.2) is 41.8 Å². The molecule has 102 valence electrons. The first-order valence-corrected chi connectivity index (χ1v) is 7.27. The van der Waals surface area contributed by atoms with Gasteiger partial charge in [-0.05, 0) is 30.0 Å². The summed E-state index contributed by atoms with van der Waals surface area (Å²) in [5, 5.41) is 5.48. The first-order chi connectivity index (χ1) is 9.40. The minimum absolute atomic E-state index is 0.644. The van der Waals surface area contributed by atoms with E-state index in [1.165, 1.54) is 4.88 Å². The Balaban J connectivity index is 1.61. The van der Waals surface area contributed by atoms with Gasteiger partial charge in [-0.15, -0.1) is 11.3 Å². The predicted molar refractivity (Wildman–Crippen MR) is 79.4 cm³/mol. The molecule has 0 bridgehead atoms. The highest BCUT2D eigenvalue weighted by Gasteiger charge is 2.01. The fourth-order valence-corrected chi connectivity index (χ4v) is 2.47. The van der Waals surface area contributed by atoms with Crippen LogP contribution in [0.25, 0.3) is 0 Å². The molecule has 1 heterocycles. The Kier molecular flexibility index (Phi) is 5.72. The molecule has 1 N–H and O–H groups in total. The van der Waals surface area contributed by atoms with Crippen molar-refractivity contribution >= 4 is 11.3 Å². The summed E-state index contributed by atoms with van der Waals surface area (Å²) in [7, 11) is 1.65. The van der Waals surface area contributed by atoms with Crippen LogP contribution in [0.5, 0.6) is 11.5 Å². The smallest absolute Gasteiger partial charge is 0.161 e. The summed E-state index contributed by atoms with van der Waals surface area (Å²) >= 11 is 1.80. The topological polar surface area (TPSA) is 30.5 Å². The van der Waals surface area contributed by atoms with E-state index < -0.39 is 0 Å². The summed E-state index contributed by atoms with van der Waals surface area (Å²) in [5.41, 5.74) is 0. The SMILES string of the molecule is COc1ccccc1OCCNCCc1cccs1. The second kappa shape index (κ2) is 7.81. The van der Waals surface area contributed by atoms with E-state index in [9.17, 15) is 0 Å². The van der Waals surface area contributed by atoms with Crippen molar-refractivity contribution in [1.29, 1.82) is 0 Å². The Labute approximate surface area is 118 Å². The number of thiophene rings is 1. The Hall–Kier alpha value is -1.52. The number of hydrogen-bond acceptors (Lipinski definition) is 4. The van der Waals surface area contributed by atoms with Gasteiger partial charge in [-0.1, -0.05) is 18.2 Å². The lowest BCUT2D eigenvalue weighted by atomic mass is 10.3. The molecule has 0 unspecified atom stereocenters. The maximum Gasteiger partial charge on any atom is 0.161 e. The fourth-order valence-electron chi connectivity index (χ4n) is 1.76. The third-order valence-electron chi connectivity index (χ3n) is 2.73. The van der Waals surface area contributed by atoms with Crippen LogP contribution in [-0.2, 0) is 6.42 Å². The molecule has 0 amide bonds.